The minimum absolute atomic E-state index is 0.0122. The molecular formula is C23H26O5. The number of allylic oxidation sites excluding steroid dienone is 2. The average molecular weight is 382 g/mol. The van der Waals surface area contributed by atoms with E-state index < -0.39 is 5.97 Å². The Balaban J connectivity index is 1.79. The van der Waals surface area contributed by atoms with Crippen LogP contribution in [0.15, 0.2) is 46.9 Å². The standard InChI is InChI=1S/C23H26O5/c1-4-5-16(14-22(24)25)15-6-8-17(9-7-15)28-21-11-10-18-19(26-2)12-13-20(27-3)23(18)21/h6-9,16,21H,10-14H2,1-3H3,(H,24,25)/t16-,21?/m0/s1. The number of aliphatic carboxylic acids is 1. The number of carbonyl (C=O) groups is 1. The van der Waals surface area contributed by atoms with Gasteiger partial charge in [-0.25, -0.2) is 0 Å². The van der Waals surface area contributed by atoms with Gasteiger partial charge in [-0.2, -0.15) is 0 Å². The third-order valence-electron chi connectivity index (χ3n) is 5.27. The topological polar surface area (TPSA) is 65.0 Å². The SMILES string of the molecule is CC#C[C@@H](CC(=O)O)c1ccc(OC2CCC3=C(OC)CCC(OC)=C32)cc1. The third kappa shape index (κ3) is 4.17. The van der Waals surface area contributed by atoms with Crippen molar-refractivity contribution in [3.63, 3.8) is 0 Å². The summed E-state index contributed by atoms with van der Waals surface area (Å²) in [5, 5.41) is 9.09. The van der Waals surface area contributed by atoms with Gasteiger partial charge in [0.05, 0.1) is 32.3 Å². The van der Waals surface area contributed by atoms with E-state index in [0.717, 1.165) is 54.1 Å². The highest BCUT2D eigenvalue weighted by Gasteiger charge is 2.36. The molecule has 1 aromatic rings. The van der Waals surface area contributed by atoms with Crippen LogP contribution in [0, 0.1) is 11.8 Å². The minimum atomic E-state index is -0.858. The van der Waals surface area contributed by atoms with Crippen molar-refractivity contribution in [2.24, 2.45) is 0 Å². The van der Waals surface area contributed by atoms with E-state index in [2.05, 4.69) is 11.8 Å². The lowest BCUT2D eigenvalue weighted by Gasteiger charge is -2.24. The van der Waals surface area contributed by atoms with Crippen LogP contribution in [0.5, 0.6) is 5.75 Å². The molecule has 28 heavy (non-hydrogen) atoms. The zero-order valence-corrected chi connectivity index (χ0v) is 16.6. The second-order valence-corrected chi connectivity index (χ2v) is 6.91. The number of rotatable bonds is 7. The van der Waals surface area contributed by atoms with Gasteiger partial charge >= 0.3 is 5.97 Å². The van der Waals surface area contributed by atoms with E-state index in [1.54, 1.807) is 21.1 Å². The highest BCUT2D eigenvalue weighted by Crippen LogP contribution is 2.43. The van der Waals surface area contributed by atoms with E-state index in [1.807, 2.05) is 24.3 Å². The van der Waals surface area contributed by atoms with Gasteiger partial charge < -0.3 is 19.3 Å². The molecule has 148 valence electrons. The van der Waals surface area contributed by atoms with E-state index >= 15 is 0 Å². The molecule has 0 aliphatic heterocycles. The van der Waals surface area contributed by atoms with Crippen LogP contribution < -0.4 is 4.74 Å². The number of hydrogen-bond donors (Lipinski definition) is 1. The van der Waals surface area contributed by atoms with Gasteiger partial charge in [0.1, 0.15) is 17.6 Å². The number of benzene rings is 1. The van der Waals surface area contributed by atoms with Crippen LogP contribution in [0.4, 0.5) is 0 Å². The van der Waals surface area contributed by atoms with E-state index in [4.69, 9.17) is 19.3 Å². The molecular weight excluding hydrogens is 356 g/mol. The molecule has 1 N–H and O–H groups in total. The minimum Gasteiger partial charge on any atom is -0.501 e. The molecule has 5 heteroatoms. The second-order valence-electron chi connectivity index (χ2n) is 6.91. The Hall–Kier alpha value is -2.87. The zero-order valence-electron chi connectivity index (χ0n) is 16.6. The lowest BCUT2D eigenvalue weighted by molar-refractivity contribution is -0.137. The Bertz CT molecular complexity index is 851. The van der Waals surface area contributed by atoms with E-state index in [9.17, 15) is 4.79 Å². The van der Waals surface area contributed by atoms with E-state index in [-0.39, 0.29) is 18.4 Å². The summed E-state index contributed by atoms with van der Waals surface area (Å²) < 4.78 is 17.5. The van der Waals surface area contributed by atoms with Crippen molar-refractivity contribution in [2.75, 3.05) is 14.2 Å². The van der Waals surface area contributed by atoms with Gasteiger partial charge in [0, 0.05) is 24.0 Å². The molecule has 2 aliphatic rings. The Morgan fingerprint density at radius 3 is 2.43 bits per heavy atom. The first-order valence-electron chi connectivity index (χ1n) is 9.51. The van der Waals surface area contributed by atoms with Gasteiger partial charge in [0.25, 0.3) is 0 Å². The number of ether oxygens (including phenoxy) is 3. The van der Waals surface area contributed by atoms with Crippen molar-refractivity contribution < 1.29 is 24.1 Å². The van der Waals surface area contributed by atoms with Gasteiger partial charge in [-0.05, 0) is 37.5 Å². The summed E-state index contributed by atoms with van der Waals surface area (Å²) in [5.41, 5.74) is 3.22. The van der Waals surface area contributed by atoms with Crippen molar-refractivity contribution in [3.05, 3.63) is 52.5 Å². The summed E-state index contributed by atoms with van der Waals surface area (Å²) in [6, 6.07) is 7.56. The fourth-order valence-electron chi connectivity index (χ4n) is 4.00. The summed E-state index contributed by atoms with van der Waals surface area (Å²) >= 11 is 0. The number of hydrogen-bond acceptors (Lipinski definition) is 4. The molecule has 5 nitrogen and oxygen atoms in total. The monoisotopic (exact) mass is 382 g/mol. The fraction of sp³-hybridized carbons (Fsp3) is 0.435. The maximum absolute atomic E-state index is 11.1. The van der Waals surface area contributed by atoms with E-state index in [1.165, 1.54) is 5.57 Å². The van der Waals surface area contributed by atoms with Crippen LogP contribution in [0.3, 0.4) is 0 Å². The molecule has 0 aromatic heterocycles. The fourth-order valence-corrected chi connectivity index (χ4v) is 4.00. The number of fused-ring (bicyclic) bond motifs is 1. The van der Waals surface area contributed by atoms with Crippen molar-refractivity contribution in [3.8, 4) is 17.6 Å². The Morgan fingerprint density at radius 2 is 1.82 bits per heavy atom. The smallest absolute Gasteiger partial charge is 0.304 e. The number of carboxylic acids is 1. The molecule has 0 amide bonds. The average Bonchev–Trinajstić information content (AvgIpc) is 3.11. The van der Waals surface area contributed by atoms with Gasteiger partial charge in [-0.1, -0.05) is 18.1 Å². The summed E-state index contributed by atoms with van der Waals surface area (Å²) in [6.07, 6.45) is 3.41. The van der Waals surface area contributed by atoms with Crippen molar-refractivity contribution in [1.29, 1.82) is 0 Å². The van der Waals surface area contributed by atoms with Crippen LogP contribution >= 0.6 is 0 Å². The molecule has 1 unspecified atom stereocenters. The van der Waals surface area contributed by atoms with Crippen LogP contribution in [0.2, 0.25) is 0 Å². The number of carboxylic acid groups (broad SMARTS) is 1. The van der Waals surface area contributed by atoms with Gasteiger partial charge in [-0.15, -0.1) is 5.92 Å². The van der Waals surface area contributed by atoms with Crippen LogP contribution in [0.25, 0.3) is 0 Å². The highest BCUT2D eigenvalue weighted by atomic mass is 16.5. The van der Waals surface area contributed by atoms with Crippen molar-refractivity contribution >= 4 is 5.97 Å². The second kappa shape index (κ2) is 8.88. The third-order valence-corrected chi connectivity index (χ3v) is 5.27. The molecule has 3 rings (SSSR count). The molecule has 1 saturated carbocycles. The summed E-state index contributed by atoms with van der Waals surface area (Å²) in [5.74, 6) is 7.38. The van der Waals surface area contributed by atoms with Crippen molar-refractivity contribution in [2.45, 2.75) is 51.0 Å². The summed E-state index contributed by atoms with van der Waals surface area (Å²) in [6.45, 7) is 1.72. The molecule has 0 heterocycles. The zero-order chi connectivity index (χ0) is 20.1. The first kappa shape index (κ1) is 19.9. The van der Waals surface area contributed by atoms with Crippen LogP contribution in [0.1, 0.15) is 50.5 Å². The molecule has 1 fully saturated rings. The lowest BCUT2D eigenvalue weighted by atomic mass is 9.95. The van der Waals surface area contributed by atoms with Gasteiger partial charge in [0.15, 0.2) is 0 Å². The normalized spacial score (nSPS) is 19.5. The molecule has 0 radical (unpaired) electrons. The number of methoxy groups -OCH3 is 2. The largest absolute Gasteiger partial charge is 0.501 e. The Labute approximate surface area is 166 Å². The maximum atomic E-state index is 11.1. The Morgan fingerprint density at radius 1 is 1.14 bits per heavy atom. The van der Waals surface area contributed by atoms with Crippen LogP contribution in [-0.2, 0) is 14.3 Å². The lowest BCUT2D eigenvalue weighted by Crippen LogP contribution is -2.19. The summed E-state index contributed by atoms with van der Waals surface area (Å²) in [4.78, 5) is 11.1. The molecule has 2 atom stereocenters. The van der Waals surface area contributed by atoms with Crippen molar-refractivity contribution in [1.82, 2.24) is 0 Å². The predicted molar refractivity (Wildman–Crippen MR) is 106 cm³/mol. The molecule has 0 bridgehead atoms. The predicted octanol–water partition coefficient (Wildman–Crippen LogP) is 4.40. The molecule has 0 spiro atoms. The highest BCUT2D eigenvalue weighted by molar-refractivity contribution is 5.69. The summed E-state index contributed by atoms with van der Waals surface area (Å²) in [7, 11) is 3.43. The van der Waals surface area contributed by atoms with E-state index in [0.29, 0.717) is 0 Å². The van der Waals surface area contributed by atoms with Gasteiger partial charge in [-0.3, -0.25) is 4.79 Å². The first-order chi connectivity index (χ1) is 13.6. The Kier molecular flexibility index (Phi) is 6.30. The van der Waals surface area contributed by atoms with Crippen LogP contribution in [-0.4, -0.2) is 31.4 Å². The first-order valence-corrected chi connectivity index (χ1v) is 9.51. The molecule has 1 aromatic carbocycles. The molecule has 2 aliphatic carbocycles. The molecule has 0 saturated heterocycles. The quantitative estimate of drug-likeness (QED) is 0.708. The van der Waals surface area contributed by atoms with Gasteiger partial charge in [0.2, 0.25) is 0 Å². The maximum Gasteiger partial charge on any atom is 0.304 e.